The van der Waals surface area contributed by atoms with Crippen molar-refractivity contribution in [1.82, 2.24) is 0 Å². The normalized spacial score (nSPS) is 11.4. The molecule has 0 atom stereocenters. The Kier molecular flexibility index (Phi) is 2.98. The van der Waals surface area contributed by atoms with Crippen LogP contribution >= 0.6 is 22.6 Å². The van der Waals surface area contributed by atoms with Gasteiger partial charge in [0.25, 0.3) is 5.69 Å². The van der Waals surface area contributed by atoms with E-state index < -0.39 is 22.4 Å². The lowest BCUT2D eigenvalue weighted by atomic mass is 10.2. The molecule has 0 radical (unpaired) electrons. The second-order valence-electron chi connectivity index (χ2n) is 2.42. The Balaban J connectivity index is 3.29. The summed E-state index contributed by atoms with van der Waals surface area (Å²) in [7, 11) is 0. The minimum absolute atomic E-state index is 0.0549. The zero-order valence-electron chi connectivity index (χ0n) is 6.51. The fourth-order valence-corrected chi connectivity index (χ4v) is 1.49. The standard InChI is InChI=1S/C7H3F3INO2/c8-7(9,10)5-3-4(12(13)14)1-2-6(5)11/h1-3H. The zero-order chi connectivity index (χ0) is 10.9. The lowest BCUT2D eigenvalue weighted by Crippen LogP contribution is -2.08. The van der Waals surface area contributed by atoms with E-state index in [1.807, 2.05) is 0 Å². The predicted molar refractivity (Wildman–Crippen MR) is 50.8 cm³/mol. The highest BCUT2D eigenvalue weighted by Crippen LogP contribution is 2.34. The van der Waals surface area contributed by atoms with Crippen molar-refractivity contribution in [3.8, 4) is 0 Å². The molecular weight excluding hydrogens is 314 g/mol. The maximum absolute atomic E-state index is 12.3. The second kappa shape index (κ2) is 3.71. The van der Waals surface area contributed by atoms with Crippen LogP contribution in [-0.4, -0.2) is 4.92 Å². The average molecular weight is 317 g/mol. The Bertz CT molecular complexity index is 378. The first-order valence-electron chi connectivity index (χ1n) is 3.33. The molecule has 0 aromatic heterocycles. The molecule has 14 heavy (non-hydrogen) atoms. The number of hydrogen-bond donors (Lipinski definition) is 0. The van der Waals surface area contributed by atoms with Crippen LogP contribution in [0.3, 0.4) is 0 Å². The van der Waals surface area contributed by atoms with Crippen LogP contribution in [0.25, 0.3) is 0 Å². The molecule has 1 aromatic carbocycles. The number of nitro groups is 1. The van der Waals surface area contributed by atoms with Crippen LogP contribution in [0.2, 0.25) is 0 Å². The molecule has 0 unspecified atom stereocenters. The molecule has 1 rings (SSSR count). The summed E-state index contributed by atoms with van der Waals surface area (Å²) in [5, 5.41) is 10.2. The van der Waals surface area contributed by atoms with Crippen molar-refractivity contribution in [2.75, 3.05) is 0 Å². The largest absolute Gasteiger partial charge is 0.417 e. The molecule has 0 fully saturated rings. The number of nitrogens with zero attached hydrogens (tertiary/aromatic N) is 1. The van der Waals surface area contributed by atoms with Gasteiger partial charge in [-0.25, -0.2) is 0 Å². The highest BCUT2D eigenvalue weighted by Gasteiger charge is 2.34. The van der Waals surface area contributed by atoms with Gasteiger partial charge in [-0.3, -0.25) is 10.1 Å². The third kappa shape index (κ3) is 2.34. The highest BCUT2D eigenvalue weighted by molar-refractivity contribution is 14.1. The molecule has 0 saturated heterocycles. The molecule has 0 heterocycles. The summed E-state index contributed by atoms with van der Waals surface area (Å²) < 4.78 is 36.7. The molecule has 1 aromatic rings. The van der Waals surface area contributed by atoms with Gasteiger partial charge in [0.15, 0.2) is 0 Å². The van der Waals surface area contributed by atoms with Gasteiger partial charge in [-0.2, -0.15) is 13.2 Å². The van der Waals surface area contributed by atoms with E-state index in [-0.39, 0.29) is 3.57 Å². The number of hydrogen-bond acceptors (Lipinski definition) is 2. The molecule has 0 spiro atoms. The van der Waals surface area contributed by atoms with Crippen molar-refractivity contribution in [2.24, 2.45) is 0 Å². The van der Waals surface area contributed by atoms with E-state index in [0.717, 1.165) is 12.1 Å². The molecule has 0 aliphatic carbocycles. The van der Waals surface area contributed by atoms with Gasteiger partial charge in [0, 0.05) is 15.7 Å². The summed E-state index contributed by atoms with van der Waals surface area (Å²) in [6, 6.07) is 2.64. The number of rotatable bonds is 1. The van der Waals surface area contributed by atoms with E-state index in [4.69, 9.17) is 0 Å². The van der Waals surface area contributed by atoms with Crippen LogP contribution in [0.5, 0.6) is 0 Å². The summed E-state index contributed by atoms with van der Waals surface area (Å²) in [5.41, 5.74) is -1.54. The van der Waals surface area contributed by atoms with Gasteiger partial charge in [0.05, 0.1) is 10.5 Å². The summed E-state index contributed by atoms with van der Waals surface area (Å²) in [6.07, 6.45) is -4.55. The van der Waals surface area contributed by atoms with Crippen molar-refractivity contribution in [3.63, 3.8) is 0 Å². The lowest BCUT2D eigenvalue weighted by Gasteiger charge is -2.07. The molecule has 0 aliphatic rings. The van der Waals surface area contributed by atoms with E-state index >= 15 is 0 Å². The average Bonchev–Trinajstić information content (AvgIpc) is 2.02. The molecule has 0 amide bonds. The number of alkyl halides is 3. The van der Waals surface area contributed by atoms with Crippen LogP contribution in [-0.2, 0) is 6.18 Å². The van der Waals surface area contributed by atoms with Gasteiger partial charge >= 0.3 is 6.18 Å². The Morgan fingerprint density at radius 1 is 1.36 bits per heavy atom. The minimum Gasteiger partial charge on any atom is -0.258 e. The lowest BCUT2D eigenvalue weighted by molar-refractivity contribution is -0.385. The second-order valence-corrected chi connectivity index (χ2v) is 3.58. The highest BCUT2D eigenvalue weighted by atomic mass is 127. The van der Waals surface area contributed by atoms with Crippen LogP contribution in [0, 0.1) is 13.7 Å². The smallest absolute Gasteiger partial charge is 0.258 e. The fraction of sp³-hybridized carbons (Fsp3) is 0.143. The van der Waals surface area contributed by atoms with Crippen LogP contribution in [0.1, 0.15) is 5.56 Å². The van der Waals surface area contributed by atoms with Gasteiger partial charge in [-0.05, 0) is 28.7 Å². The van der Waals surface area contributed by atoms with E-state index in [0.29, 0.717) is 6.07 Å². The van der Waals surface area contributed by atoms with Crippen molar-refractivity contribution in [3.05, 3.63) is 37.4 Å². The number of halogens is 4. The molecular formula is C7H3F3INO2. The summed E-state index contributed by atoms with van der Waals surface area (Å²) >= 11 is 1.48. The Morgan fingerprint density at radius 2 is 1.93 bits per heavy atom. The fourth-order valence-electron chi connectivity index (χ4n) is 0.844. The molecule has 76 valence electrons. The maximum Gasteiger partial charge on any atom is 0.417 e. The quantitative estimate of drug-likeness (QED) is 0.453. The Hall–Kier alpha value is -0.860. The van der Waals surface area contributed by atoms with Gasteiger partial charge in [-0.15, -0.1) is 0 Å². The first-order valence-corrected chi connectivity index (χ1v) is 4.41. The van der Waals surface area contributed by atoms with Crippen molar-refractivity contribution < 1.29 is 18.1 Å². The van der Waals surface area contributed by atoms with Crippen molar-refractivity contribution in [2.45, 2.75) is 6.18 Å². The molecule has 7 heteroatoms. The third-order valence-corrected chi connectivity index (χ3v) is 2.41. The third-order valence-electron chi connectivity index (χ3n) is 1.47. The van der Waals surface area contributed by atoms with Gasteiger partial charge in [0.1, 0.15) is 0 Å². The summed E-state index contributed by atoms with van der Waals surface area (Å²) in [5.74, 6) is 0. The maximum atomic E-state index is 12.3. The SMILES string of the molecule is O=[N+]([O-])c1ccc(I)c(C(F)(F)F)c1. The van der Waals surface area contributed by atoms with E-state index in [1.54, 1.807) is 0 Å². The first kappa shape index (κ1) is 11.2. The van der Waals surface area contributed by atoms with Gasteiger partial charge in [0.2, 0.25) is 0 Å². The van der Waals surface area contributed by atoms with Crippen molar-refractivity contribution >= 4 is 28.3 Å². The predicted octanol–water partition coefficient (Wildman–Crippen LogP) is 3.22. The minimum atomic E-state index is -4.55. The molecule has 3 nitrogen and oxygen atoms in total. The van der Waals surface area contributed by atoms with Crippen LogP contribution < -0.4 is 0 Å². The zero-order valence-corrected chi connectivity index (χ0v) is 8.67. The van der Waals surface area contributed by atoms with E-state index in [1.165, 1.54) is 22.6 Å². The van der Waals surface area contributed by atoms with E-state index in [2.05, 4.69) is 0 Å². The molecule has 0 bridgehead atoms. The van der Waals surface area contributed by atoms with Crippen molar-refractivity contribution in [1.29, 1.82) is 0 Å². The topological polar surface area (TPSA) is 43.1 Å². The Labute approximate surface area is 90.2 Å². The Morgan fingerprint density at radius 3 is 2.36 bits per heavy atom. The van der Waals surface area contributed by atoms with E-state index in [9.17, 15) is 23.3 Å². The van der Waals surface area contributed by atoms with Gasteiger partial charge < -0.3 is 0 Å². The monoisotopic (exact) mass is 317 g/mol. The molecule has 0 aliphatic heterocycles. The van der Waals surface area contributed by atoms with Crippen LogP contribution in [0.15, 0.2) is 18.2 Å². The summed E-state index contributed by atoms with van der Waals surface area (Å²) in [6.45, 7) is 0. The van der Waals surface area contributed by atoms with Gasteiger partial charge in [-0.1, -0.05) is 0 Å². The molecule has 0 saturated carbocycles. The van der Waals surface area contributed by atoms with Crippen LogP contribution in [0.4, 0.5) is 18.9 Å². The number of nitro benzene ring substituents is 1. The molecule has 0 N–H and O–H groups in total. The number of non-ortho nitro benzene ring substituents is 1. The number of benzene rings is 1. The summed E-state index contributed by atoms with van der Waals surface area (Å²) in [4.78, 5) is 9.37. The first-order chi connectivity index (χ1) is 6.32.